The summed E-state index contributed by atoms with van der Waals surface area (Å²) in [5.74, 6) is 0.396. The van der Waals surface area contributed by atoms with Crippen molar-refractivity contribution in [2.75, 3.05) is 12.4 Å². The molecule has 0 unspecified atom stereocenters. The number of rotatable bonds is 5. The van der Waals surface area contributed by atoms with Crippen LogP contribution in [0.1, 0.15) is 5.69 Å². The van der Waals surface area contributed by atoms with E-state index in [9.17, 15) is 4.79 Å². The maximum Gasteiger partial charge on any atom is 0.230 e. The molecule has 5 nitrogen and oxygen atoms in total. The topological polar surface area (TPSA) is 64.1 Å². The molecule has 0 fully saturated rings. The van der Waals surface area contributed by atoms with Crippen LogP contribution in [0.5, 0.6) is 5.88 Å². The van der Waals surface area contributed by atoms with Crippen LogP contribution in [0.3, 0.4) is 0 Å². The second kappa shape index (κ2) is 6.67. The SMILES string of the molecule is COc1ccc(NC(=O)Cc2csc(-c3cccs3)n2)cn1. The van der Waals surface area contributed by atoms with Gasteiger partial charge in [-0.05, 0) is 17.5 Å². The number of carbonyl (C=O) groups excluding carboxylic acids is 1. The maximum absolute atomic E-state index is 12.0. The van der Waals surface area contributed by atoms with Crippen molar-refractivity contribution >= 4 is 34.3 Å². The van der Waals surface area contributed by atoms with Gasteiger partial charge in [-0.25, -0.2) is 9.97 Å². The van der Waals surface area contributed by atoms with Crippen LogP contribution in [-0.2, 0) is 11.2 Å². The second-order valence-corrected chi connectivity index (χ2v) is 6.24. The molecular weight excluding hydrogens is 318 g/mol. The van der Waals surface area contributed by atoms with Gasteiger partial charge in [0.15, 0.2) is 0 Å². The molecule has 0 aromatic carbocycles. The van der Waals surface area contributed by atoms with Crippen molar-refractivity contribution in [2.24, 2.45) is 0 Å². The Morgan fingerprint density at radius 2 is 2.23 bits per heavy atom. The van der Waals surface area contributed by atoms with Crippen LogP contribution >= 0.6 is 22.7 Å². The molecule has 1 N–H and O–H groups in total. The minimum absolute atomic E-state index is 0.116. The monoisotopic (exact) mass is 331 g/mol. The molecule has 0 saturated carbocycles. The zero-order valence-corrected chi connectivity index (χ0v) is 13.4. The summed E-state index contributed by atoms with van der Waals surface area (Å²) in [6, 6.07) is 7.47. The molecule has 7 heteroatoms. The van der Waals surface area contributed by atoms with Gasteiger partial charge in [-0.2, -0.15) is 0 Å². The van der Waals surface area contributed by atoms with Gasteiger partial charge in [0, 0.05) is 11.4 Å². The minimum Gasteiger partial charge on any atom is -0.481 e. The van der Waals surface area contributed by atoms with Gasteiger partial charge in [0.1, 0.15) is 5.01 Å². The summed E-state index contributed by atoms with van der Waals surface area (Å²) in [5.41, 5.74) is 1.41. The summed E-state index contributed by atoms with van der Waals surface area (Å²) in [7, 11) is 1.55. The fraction of sp³-hybridized carbons (Fsp3) is 0.133. The van der Waals surface area contributed by atoms with Crippen molar-refractivity contribution in [1.29, 1.82) is 0 Å². The first-order chi connectivity index (χ1) is 10.7. The molecule has 3 heterocycles. The molecule has 3 rings (SSSR count). The first kappa shape index (κ1) is 14.7. The number of aromatic nitrogens is 2. The lowest BCUT2D eigenvalue weighted by Gasteiger charge is -2.04. The number of thiazole rings is 1. The minimum atomic E-state index is -0.116. The van der Waals surface area contributed by atoms with E-state index in [0.29, 0.717) is 11.6 Å². The third-order valence-electron chi connectivity index (χ3n) is 2.85. The number of methoxy groups -OCH3 is 1. The van der Waals surface area contributed by atoms with E-state index in [1.54, 1.807) is 48.1 Å². The van der Waals surface area contributed by atoms with Gasteiger partial charge in [0.05, 0.1) is 36.0 Å². The summed E-state index contributed by atoms with van der Waals surface area (Å²) < 4.78 is 4.98. The first-order valence-corrected chi connectivity index (χ1v) is 8.28. The number of pyridine rings is 1. The van der Waals surface area contributed by atoms with Gasteiger partial charge in [-0.3, -0.25) is 4.79 Å². The lowest BCUT2D eigenvalue weighted by Crippen LogP contribution is -2.14. The van der Waals surface area contributed by atoms with Crippen LogP contribution in [0.15, 0.2) is 41.2 Å². The van der Waals surface area contributed by atoms with E-state index in [2.05, 4.69) is 15.3 Å². The Kier molecular flexibility index (Phi) is 4.45. The number of ether oxygens (including phenoxy) is 1. The van der Waals surface area contributed by atoms with Crippen LogP contribution in [0.2, 0.25) is 0 Å². The van der Waals surface area contributed by atoms with Crippen LogP contribution < -0.4 is 10.1 Å². The van der Waals surface area contributed by atoms with Gasteiger partial charge in [0.2, 0.25) is 11.8 Å². The maximum atomic E-state index is 12.0. The highest BCUT2D eigenvalue weighted by atomic mass is 32.1. The van der Waals surface area contributed by atoms with Crippen molar-refractivity contribution in [2.45, 2.75) is 6.42 Å². The van der Waals surface area contributed by atoms with Gasteiger partial charge in [-0.15, -0.1) is 22.7 Å². The highest BCUT2D eigenvalue weighted by molar-refractivity contribution is 7.20. The van der Waals surface area contributed by atoms with Crippen LogP contribution in [0, 0.1) is 0 Å². The zero-order chi connectivity index (χ0) is 15.4. The van der Waals surface area contributed by atoms with Gasteiger partial charge < -0.3 is 10.1 Å². The Morgan fingerprint density at radius 1 is 1.32 bits per heavy atom. The molecule has 0 atom stereocenters. The fourth-order valence-corrected chi connectivity index (χ4v) is 3.48. The molecule has 0 radical (unpaired) electrons. The Bertz CT molecular complexity index is 751. The van der Waals surface area contributed by atoms with E-state index < -0.39 is 0 Å². The molecule has 0 aliphatic heterocycles. The lowest BCUT2D eigenvalue weighted by atomic mass is 10.3. The number of anilines is 1. The summed E-state index contributed by atoms with van der Waals surface area (Å²) in [6.45, 7) is 0. The molecule has 22 heavy (non-hydrogen) atoms. The second-order valence-electron chi connectivity index (χ2n) is 4.44. The lowest BCUT2D eigenvalue weighted by molar-refractivity contribution is -0.115. The zero-order valence-electron chi connectivity index (χ0n) is 11.8. The van der Waals surface area contributed by atoms with Crippen molar-refractivity contribution in [1.82, 2.24) is 9.97 Å². The molecule has 0 spiro atoms. The van der Waals surface area contributed by atoms with Gasteiger partial charge >= 0.3 is 0 Å². The van der Waals surface area contributed by atoms with Crippen molar-refractivity contribution < 1.29 is 9.53 Å². The van der Waals surface area contributed by atoms with E-state index in [4.69, 9.17) is 4.74 Å². The van der Waals surface area contributed by atoms with Crippen LogP contribution in [0.4, 0.5) is 5.69 Å². The molecule has 3 aromatic heterocycles. The van der Waals surface area contributed by atoms with Crippen molar-refractivity contribution in [3.8, 4) is 15.8 Å². The number of nitrogens with one attached hydrogen (secondary N) is 1. The largest absolute Gasteiger partial charge is 0.481 e. The van der Waals surface area contributed by atoms with E-state index in [0.717, 1.165) is 15.6 Å². The van der Waals surface area contributed by atoms with Crippen molar-refractivity contribution in [3.63, 3.8) is 0 Å². The molecule has 0 bridgehead atoms. The summed E-state index contributed by atoms with van der Waals surface area (Å²) in [6.07, 6.45) is 1.81. The fourth-order valence-electron chi connectivity index (χ4n) is 1.85. The van der Waals surface area contributed by atoms with Crippen LogP contribution in [0.25, 0.3) is 9.88 Å². The molecule has 0 aliphatic carbocycles. The molecule has 1 amide bonds. The summed E-state index contributed by atoms with van der Waals surface area (Å²) in [5, 5.41) is 7.68. The summed E-state index contributed by atoms with van der Waals surface area (Å²) >= 11 is 3.19. The third kappa shape index (κ3) is 3.49. The number of hydrogen-bond donors (Lipinski definition) is 1. The highest BCUT2D eigenvalue weighted by Gasteiger charge is 2.10. The molecular formula is C15H13N3O2S2. The normalized spacial score (nSPS) is 10.4. The summed E-state index contributed by atoms with van der Waals surface area (Å²) in [4.78, 5) is 21.7. The number of nitrogens with zero attached hydrogens (tertiary/aromatic N) is 2. The van der Waals surface area contributed by atoms with Gasteiger partial charge in [-0.1, -0.05) is 6.07 Å². The van der Waals surface area contributed by atoms with E-state index in [1.807, 2.05) is 22.9 Å². The molecule has 3 aromatic rings. The van der Waals surface area contributed by atoms with E-state index in [-0.39, 0.29) is 12.3 Å². The molecule has 112 valence electrons. The average molecular weight is 331 g/mol. The molecule has 0 saturated heterocycles. The quantitative estimate of drug-likeness (QED) is 0.778. The number of hydrogen-bond acceptors (Lipinski definition) is 6. The highest BCUT2D eigenvalue weighted by Crippen LogP contribution is 2.27. The van der Waals surface area contributed by atoms with E-state index in [1.165, 1.54) is 0 Å². The Balaban J connectivity index is 1.61. The van der Waals surface area contributed by atoms with Crippen LogP contribution in [-0.4, -0.2) is 23.0 Å². The Hall–Kier alpha value is -2.25. The number of thiophene rings is 1. The average Bonchev–Trinajstić information content (AvgIpc) is 3.19. The first-order valence-electron chi connectivity index (χ1n) is 6.53. The van der Waals surface area contributed by atoms with Gasteiger partial charge in [0.25, 0.3) is 0 Å². The molecule has 0 aliphatic rings. The Labute approximate surface area is 135 Å². The van der Waals surface area contributed by atoms with Crippen molar-refractivity contribution in [3.05, 3.63) is 46.9 Å². The predicted molar refractivity (Wildman–Crippen MR) is 88.5 cm³/mol. The predicted octanol–water partition coefficient (Wildman–Crippen LogP) is 3.46. The smallest absolute Gasteiger partial charge is 0.230 e. The van der Waals surface area contributed by atoms with E-state index >= 15 is 0 Å². The number of amides is 1. The third-order valence-corrected chi connectivity index (χ3v) is 4.78. The Morgan fingerprint density at radius 3 is 2.91 bits per heavy atom. The number of carbonyl (C=O) groups is 1. The standard InChI is InChI=1S/C15H13N3O2S2/c1-20-14-5-4-10(8-16-14)17-13(19)7-11-9-22-15(18-11)12-3-2-6-21-12/h2-6,8-9H,7H2,1H3,(H,17,19).